The number of fused-ring (bicyclic) bond motifs is 1. The molecule has 30 heavy (non-hydrogen) atoms. The molecule has 1 heterocycles. The quantitative estimate of drug-likeness (QED) is 0.670. The third-order valence-corrected chi connectivity index (χ3v) is 7.67. The maximum Gasteiger partial charge on any atom is 0.317 e. The van der Waals surface area contributed by atoms with Crippen LogP contribution >= 0.6 is 0 Å². The van der Waals surface area contributed by atoms with Gasteiger partial charge in [-0.2, -0.15) is 0 Å². The predicted molar refractivity (Wildman–Crippen MR) is 115 cm³/mol. The van der Waals surface area contributed by atoms with Crippen molar-refractivity contribution in [3.63, 3.8) is 0 Å². The number of aliphatic hydroxyl groups excluding tert-OH is 1. The van der Waals surface area contributed by atoms with E-state index < -0.39 is 28.0 Å². The summed E-state index contributed by atoms with van der Waals surface area (Å²) in [4.78, 5) is 13.0. The number of aliphatic hydroxyl groups is 1. The second-order valence-corrected chi connectivity index (χ2v) is 10.5. The first-order chi connectivity index (χ1) is 14.4. The highest BCUT2D eigenvalue weighted by Crippen LogP contribution is 2.51. The van der Waals surface area contributed by atoms with Crippen molar-refractivity contribution in [1.82, 2.24) is 0 Å². The maximum atomic E-state index is 13.0. The molecule has 1 saturated heterocycles. The Hall–Kier alpha value is -2.12. The highest BCUT2D eigenvalue weighted by Gasteiger charge is 2.50. The molecule has 0 aromatic heterocycles. The lowest BCUT2D eigenvalue weighted by molar-refractivity contribution is -0.160. The zero-order valence-electron chi connectivity index (χ0n) is 17.2. The first-order valence-corrected chi connectivity index (χ1v) is 12.4. The molecule has 2 N–H and O–H groups in total. The molecule has 0 spiro atoms. The van der Waals surface area contributed by atoms with Crippen molar-refractivity contribution >= 4 is 21.7 Å². The number of carbonyl (C=O) groups is 1. The van der Waals surface area contributed by atoms with Crippen molar-refractivity contribution in [3.8, 4) is 0 Å². The van der Waals surface area contributed by atoms with Crippen molar-refractivity contribution in [2.75, 3.05) is 10.5 Å². The molecular weight excluding hydrogens is 402 g/mol. The van der Waals surface area contributed by atoms with Crippen molar-refractivity contribution in [1.29, 1.82) is 0 Å². The van der Waals surface area contributed by atoms with E-state index in [0.717, 1.165) is 37.7 Å². The SMILES string of the molecule is CCS(=O)(=O)Nc1cccc(C(C2CC2)C2C(=O)OC3=CC=CCCCC3C2O)c1. The number of hydrogen-bond donors (Lipinski definition) is 2. The van der Waals surface area contributed by atoms with Crippen LogP contribution in [0.2, 0.25) is 0 Å². The van der Waals surface area contributed by atoms with Crippen molar-refractivity contribution < 1.29 is 23.1 Å². The Morgan fingerprint density at radius 2 is 2.07 bits per heavy atom. The summed E-state index contributed by atoms with van der Waals surface area (Å²) in [6.07, 6.45) is 9.55. The molecule has 3 aliphatic rings. The highest BCUT2D eigenvalue weighted by molar-refractivity contribution is 7.92. The molecule has 1 saturated carbocycles. The number of allylic oxidation sites excluding steroid dienone is 3. The molecule has 1 aliphatic heterocycles. The normalized spacial score (nSPS) is 27.9. The summed E-state index contributed by atoms with van der Waals surface area (Å²) in [6, 6.07) is 7.21. The summed E-state index contributed by atoms with van der Waals surface area (Å²) >= 11 is 0. The van der Waals surface area contributed by atoms with Crippen LogP contribution in [0.4, 0.5) is 5.69 Å². The number of anilines is 1. The molecule has 4 rings (SSSR count). The molecule has 0 amide bonds. The first-order valence-electron chi connectivity index (χ1n) is 10.8. The zero-order chi connectivity index (χ0) is 21.3. The van der Waals surface area contributed by atoms with Gasteiger partial charge in [0.25, 0.3) is 0 Å². The summed E-state index contributed by atoms with van der Waals surface area (Å²) in [5.74, 6) is -0.603. The van der Waals surface area contributed by atoms with E-state index in [9.17, 15) is 18.3 Å². The zero-order valence-corrected chi connectivity index (χ0v) is 18.0. The van der Waals surface area contributed by atoms with E-state index in [4.69, 9.17) is 4.74 Å². The molecule has 2 fully saturated rings. The third-order valence-electron chi connectivity index (χ3n) is 6.36. The highest BCUT2D eigenvalue weighted by atomic mass is 32.2. The van der Waals surface area contributed by atoms with Crippen LogP contribution in [0.15, 0.2) is 48.3 Å². The average molecular weight is 432 g/mol. The van der Waals surface area contributed by atoms with Crippen LogP contribution in [-0.4, -0.2) is 31.4 Å². The fourth-order valence-corrected chi connectivity index (χ4v) is 5.28. The standard InChI is InChI=1S/C23H29NO5S/c1-2-30(27,28)24-17-9-7-8-16(14-17)20(15-12-13-15)21-22(25)18-10-5-3-4-6-11-19(18)29-23(21)26/h4,6-9,11,14-15,18,20-22,24-25H,2-3,5,10,12-13H2,1H3. The maximum absolute atomic E-state index is 13.0. The van der Waals surface area contributed by atoms with Crippen LogP contribution in [0.3, 0.4) is 0 Å². The van der Waals surface area contributed by atoms with Crippen LogP contribution in [0.5, 0.6) is 0 Å². The van der Waals surface area contributed by atoms with Gasteiger partial charge in [-0.3, -0.25) is 9.52 Å². The van der Waals surface area contributed by atoms with Crippen LogP contribution in [-0.2, 0) is 19.6 Å². The van der Waals surface area contributed by atoms with Crippen LogP contribution in [0, 0.1) is 17.8 Å². The smallest absolute Gasteiger partial charge is 0.317 e. The Morgan fingerprint density at radius 1 is 1.27 bits per heavy atom. The number of sulfonamides is 1. The first kappa shape index (κ1) is 21.1. The topological polar surface area (TPSA) is 92.7 Å². The number of esters is 1. The van der Waals surface area contributed by atoms with Gasteiger partial charge in [-0.15, -0.1) is 0 Å². The number of benzene rings is 1. The van der Waals surface area contributed by atoms with E-state index in [1.54, 1.807) is 31.2 Å². The second kappa shape index (κ2) is 8.55. The molecule has 1 aromatic rings. The molecule has 0 bridgehead atoms. The van der Waals surface area contributed by atoms with Crippen molar-refractivity contribution in [3.05, 3.63) is 53.8 Å². The van der Waals surface area contributed by atoms with Gasteiger partial charge in [-0.25, -0.2) is 8.42 Å². The van der Waals surface area contributed by atoms with E-state index in [1.807, 2.05) is 18.2 Å². The summed E-state index contributed by atoms with van der Waals surface area (Å²) in [7, 11) is -3.39. The van der Waals surface area contributed by atoms with Gasteiger partial charge in [-0.05, 0) is 68.7 Å². The van der Waals surface area contributed by atoms with E-state index in [2.05, 4.69) is 4.72 Å². The van der Waals surface area contributed by atoms with Gasteiger partial charge in [0, 0.05) is 17.5 Å². The Kier molecular flexibility index (Phi) is 6.02. The minimum atomic E-state index is -3.39. The molecule has 1 aromatic carbocycles. The van der Waals surface area contributed by atoms with Crippen LogP contribution in [0.1, 0.15) is 50.5 Å². The molecule has 7 heteroatoms. The van der Waals surface area contributed by atoms with E-state index >= 15 is 0 Å². The van der Waals surface area contributed by atoms with Gasteiger partial charge in [-0.1, -0.05) is 24.3 Å². The molecule has 6 nitrogen and oxygen atoms in total. The third kappa shape index (κ3) is 4.47. The number of hydrogen-bond acceptors (Lipinski definition) is 5. The van der Waals surface area contributed by atoms with E-state index in [-0.39, 0.29) is 23.5 Å². The number of nitrogens with one attached hydrogen (secondary N) is 1. The molecular formula is C23H29NO5S. The summed E-state index contributed by atoms with van der Waals surface area (Å²) in [6.45, 7) is 1.59. The lowest BCUT2D eigenvalue weighted by Crippen LogP contribution is -2.45. The van der Waals surface area contributed by atoms with Crippen LogP contribution < -0.4 is 4.72 Å². The van der Waals surface area contributed by atoms with Gasteiger partial charge < -0.3 is 9.84 Å². The van der Waals surface area contributed by atoms with Crippen molar-refractivity contribution in [2.24, 2.45) is 17.8 Å². The van der Waals surface area contributed by atoms with Gasteiger partial charge in [0.15, 0.2) is 0 Å². The Bertz CT molecular complexity index is 964. The second-order valence-electron chi connectivity index (χ2n) is 8.47. The van der Waals surface area contributed by atoms with E-state index in [1.165, 1.54) is 0 Å². The summed E-state index contributed by atoms with van der Waals surface area (Å²) < 4.78 is 32.3. The van der Waals surface area contributed by atoms with E-state index in [0.29, 0.717) is 11.4 Å². The number of rotatable bonds is 6. The minimum absolute atomic E-state index is 0.0117. The molecule has 162 valence electrons. The van der Waals surface area contributed by atoms with Gasteiger partial charge in [0.1, 0.15) is 5.76 Å². The van der Waals surface area contributed by atoms with Gasteiger partial charge >= 0.3 is 5.97 Å². The summed E-state index contributed by atoms with van der Waals surface area (Å²) in [5, 5.41) is 11.3. The Morgan fingerprint density at radius 3 is 2.80 bits per heavy atom. The van der Waals surface area contributed by atoms with Gasteiger partial charge in [0.2, 0.25) is 10.0 Å². The molecule has 2 aliphatic carbocycles. The lowest BCUT2D eigenvalue weighted by atomic mass is 9.72. The van der Waals surface area contributed by atoms with Gasteiger partial charge in [0.05, 0.1) is 17.8 Å². The Balaban J connectivity index is 1.66. The van der Waals surface area contributed by atoms with Crippen molar-refractivity contribution in [2.45, 2.75) is 51.0 Å². The fourth-order valence-electron chi connectivity index (χ4n) is 4.65. The minimum Gasteiger partial charge on any atom is -0.430 e. The number of ether oxygens (including phenoxy) is 1. The largest absolute Gasteiger partial charge is 0.430 e. The summed E-state index contributed by atoms with van der Waals surface area (Å²) in [5.41, 5.74) is 1.35. The molecule has 4 unspecified atom stereocenters. The lowest BCUT2D eigenvalue weighted by Gasteiger charge is -2.39. The number of carbonyl (C=O) groups excluding carboxylic acids is 1. The average Bonchev–Trinajstić information content (AvgIpc) is 3.51. The molecule has 0 radical (unpaired) electrons. The Labute approximate surface area is 178 Å². The fraction of sp³-hybridized carbons (Fsp3) is 0.522. The monoisotopic (exact) mass is 431 g/mol. The van der Waals surface area contributed by atoms with Crippen LogP contribution in [0.25, 0.3) is 0 Å². The molecule has 4 atom stereocenters. The predicted octanol–water partition coefficient (Wildman–Crippen LogP) is 3.72.